The van der Waals surface area contributed by atoms with Gasteiger partial charge in [0, 0.05) is 0 Å². The highest BCUT2D eigenvalue weighted by atomic mass is 19.4. The first-order chi connectivity index (χ1) is 16.6. The molecule has 220 valence electrons. The number of rotatable bonds is 12. The van der Waals surface area contributed by atoms with Gasteiger partial charge in [0.2, 0.25) is 0 Å². The number of benzene rings is 1. The largest absolute Gasteiger partial charge is 0.480 e. The smallest absolute Gasteiger partial charge is 0.460 e. The Morgan fingerprint density at radius 3 is 1.37 bits per heavy atom. The van der Waals surface area contributed by atoms with Gasteiger partial charge in [-0.05, 0) is 12.0 Å². The van der Waals surface area contributed by atoms with Crippen LogP contribution >= 0.6 is 0 Å². The summed E-state index contributed by atoms with van der Waals surface area (Å²) in [5.74, 6) is -59.4. The second kappa shape index (κ2) is 9.89. The Kier molecular flexibility index (Phi) is 8.72. The van der Waals surface area contributed by atoms with E-state index in [0.717, 1.165) is 17.4 Å². The molecule has 38 heavy (non-hydrogen) atoms. The van der Waals surface area contributed by atoms with Crippen molar-refractivity contribution < 1.29 is 84.5 Å². The van der Waals surface area contributed by atoms with Gasteiger partial charge in [-0.25, -0.2) is 0 Å². The van der Waals surface area contributed by atoms with Crippen LogP contribution in [0, 0.1) is 0 Å². The van der Waals surface area contributed by atoms with Crippen LogP contribution in [0.2, 0.25) is 0 Å². The lowest BCUT2D eigenvalue weighted by Gasteiger charge is -2.42. The average molecular weight is 597 g/mol. The van der Waals surface area contributed by atoms with Crippen LogP contribution in [0.5, 0.6) is 0 Å². The van der Waals surface area contributed by atoms with E-state index >= 15 is 0 Å². The number of carboxylic acid groups (broad SMARTS) is 1. The van der Waals surface area contributed by atoms with Gasteiger partial charge in [0.15, 0.2) is 0 Å². The van der Waals surface area contributed by atoms with Crippen molar-refractivity contribution in [1.82, 2.24) is 5.32 Å². The van der Waals surface area contributed by atoms with Crippen molar-refractivity contribution in [2.24, 2.45) is 0 Å². The Morgan fingerprint density at radius 2 is 1.00 bits per heavy atom. The first-order valence-electron chi connectivity index (χ1n) is 9.35. The van der Waals surface area contributed by atoms with E-state index in [9.17, 15) is 79.4 Å². The van der Waals surface area contributed by atoms with Crippen LogP contribution in [0.25, 0.3) is 0 Å². The summed E-state index contributed by atoms with van der Waals surface area (Å²) in [4.78, 5) is 11.1. The van der Waals surface area contributed by atoms with E-state index in [1.165, 1.54) is 18.2 Å². The number of halogens is 17. The molecule has 0 bridgehead atoms. The summed E-state index contributed by atoms with van der Waals surface area (Å²) < 4.78 is 225. The fraction of sp³-hybridized carbons (Fsp3) is 0.611. The summed E-state index contributed by atoms with van der Waals surface area (Å²) in [6.45, 7) is -3.03. The first kappa shape index (κ1) is 33.5. The van der Waals surface area contributed by atoms with Crippen LogP contribution in [-0.2, 0) is 11.2 Å². The van der Waals surface area contributed by atoms with E-state index in [0.29, 0.717) is 0 Å². The standard InChI is InChI=1S/C18H12F17NO2/c19-11(20,7-36-9(10(37)38)6-8-4-2-1-3-5-8)12(21,22)13(23,24)14(25,26)15(27,28)16(29,30)17(31,32)18(33,34)35/h1-5,9,36H,6-7H2,(H,37,38)/t9-/m0/s1. The minimum absolute atomic E-state index is 0.00759. The van der Waals surface area contributed by atoms with Crippen molar-refractivity contribution in [2.45, 2.75) is 60.1 Å². The van der Waals surface area contributed by atoms with Gasteiger partial charge in [-0.15, -0.1) is 0 Å². The van der Waals surface area contributed by atoms with Crippen molar-refractivity contribution in [3.05, 3.63) is 35.9 Å². The lowest BCUT2D eigenvalue weighted by atomic mass is 9.89. The van der Waals surface area contributed by atoms with Crippen LogP contribution in [0.3, 0.4) is 0 Å². The molecule has 0 saturated carbocycles. The minimum atomic E-state index is -8.72. The molecule has 0 spiro atoms. The molecule has 0 fully saturated rings. The molecule has 20 heteroatoms. The SMILES string of the molecule is O=C(O)[C@H](Cc1ccccc1)NCC(F)(F)C(F)(F)C(F)(F)C(F)(F)C(F)(F)C(F)(F)C(F)(F)C(F)(F)F. The maximum atomic E-state index is 13.9. The van der Waals surface area contributed by atoms with E-state index in [1.54, 1.807) is 0 Å². The topological polar surface area (TPSA) is 49.3 Å². The van der Waals surface area contributed by atoms with Crippen molar-refractivity contribution in [1.29, 1.82) is 0 Å². The number of hydrogen-bond acceptors (Lipinski definition) is 2. The lowest BCUT2D eigenvalue weighted by Crippen LogP contribution is -2.75. The van der Waals surface area contributed by atoms with Crippen LogP contribution < -0.4 is 5.32 Å². The normalized spacial score (nSPS) is 15.9. The average Bonchev–Trinajstić information content (AvgIpc) is 2.75. The second-order valence-electron chi connectivity index (χ2n) is 7.61. The molecule has 1 rings (SSSR count). The molecular weight excluding hydrogens is 585 g/mol. The van der Waals surface area contributed by atoms with Gasteiger partial charge in [-0.1, -0.05) is 30.3 Å². The highest BCUT2D eigenvalue weighted by Crippen LogP contribution is 2.63. The van der Waals surface area contributed by atoms with Crippen LogP contribution in [0.15, 0.2) is 30.3 Å². The summed E-state index contributed by atoms with van der Waals surface area (Å²) in [7, 11) is 0. The van der Waals surface area contributed by atoms with Gasteiger partial charge in [0.25, 0.3) is 0 Å². The molecule has 0 aliphatic rings. The molecule has 0 radical (unpaired) electrons. The molecule has 1 aromatic rings. The van der Waals surface area contributed by atoms with Crippen molar-refractivity contribution in [2.75, 3.05) is 6.54 Å². The zero-order valence-corrected chi connectivity index (χ0v) is 17.7. The second-order valence-corrected chi connectivity index (χ2v) is 7.61. The van der Waals surface area contributed by atoms with Crippen LogP contribution in [0.4, 0.5) is 74.6 Å². The molecule has 0 aliphatic heterocycles. The molecule has 3 nitrogen and oxygen atoms in total. The quantitative estimate of drug-likeness (QED) is 0.279. The van der Waals surface area contributed by atoms with E-state index in [4.69, 9.17) is 5.11 Å². The summed E-state index contributed by atoms with van der Waals surface area (Å²) in [6.07, 6.45) is -8.67. The molecule has 0 saturated heterocycles. The molecular formula is C18H12F17NO2. The molecule has 0 unspecified atom stereocenters. The summed E-state index contributed by atoms with van der Waals surface area (Å²) >= 11 is 0. The van der Waals surface area contributed by atoms with E-state index in [1.807, 2.05) is 0 Å². The first-order valence-corrected chi connectivity index (χ1v) is 9.35. The maximum absolute atomic E-state index is 13.9. The van der Waals surface area contributed by atoms with E-state index in [-0.39, 0.29) is 5.56 Å². The maximum Gasteiger partial charge on any atom is 0.460 e. The van der Waals surface area contributed by atoms with Crippen LogP contribution in [-0.4, -0.2) is 71.3 Å². The minimum Gasteiger partial charge on any atom is -0.480 e. The Balaban J connectivity index is 3.40. The van der Waals surface area contributed by atoms with Crippen molar-refractivity contribution in [3.63, 3.8) is 0 Å². The molecule has 0 aliphatic carbocycles. The molecule has 2 N–H and O–H groups in total. The van der Waals surface area contributed by atoms with Crippen LogP contribution in [0.1, 0.15) is 5.56 Å². The van der Waals surface area contributed by atoms with Crippen molar-refractivity contribution >= 4 is 5.97 Å². The predicted molar refractivity (Wildman–Crippen MR) is 90.3 cm³/mol. The van der Waals surface area contributed by atoms with Crippen molar-refractivity contribution in [3.8, 4) is 0 Å². The third-order valence-corrected chi connectivity index (χ3v) is 4.94. The third kappa shape index (κ3) is 5.18. The van der Waals surface area contributed by atoms with Gasteiger partial charge in [0.05, 0.1) is 6.54 Å². The van der Waals surface area contributed by atoms with Gasteiger partial charge in [-0.3, -0.25) is 10.1 Å². The summed E-state index contributed by atoms with van der Waals surface area (Å²) in [6, 6.07) is 3.84. The Bertz CT molecular complexity index is 975. The number of hydrogen-bond donors (Lipinski definition) is 2. The fourth-order valence-corrected chi connectivity index (χ4v) is 2.66. The number of alkyl halides is 17. The van der Waals surface area contributed by atoms with Gasteiger partial charge in [-0.2, -0.15) is 74.6 Å². The van der Waals surface area contributed by atoms with Gasteiger partial charge in [0.1, 0.15) is 6.04 Å². The number of aliphatic carboxylic acids is 1. The van der Waals surface area contributed by atoms with E-state index in [2.05, 4.69) is 0 Å². The molecule has 1 atom stereocenters. The zero-order chi connectivity index (χ0) is 30.4. The molecule has 0 heterocycles. The monoisotopic (exact) mass is 597 g/mol. The lowest BCUT2D eigenvalue weighted by molar-refractivity contribution is -0.461. The molecule has 0 amide bonds. The van der Waals surface area contributed by atoms with Gasteiger partial charge >= 0.3 is 53.6 Å². The Hall–Kier alpha value is -2.54. The number of carbonyl (C=O) groups is 1. The zero-order valence-electron chi connectivity index (χ0n) is 17.7. The number of carboxylic acids is 1. The fourth-order valence-electron chi connectivity index (χ4n) is 2.66. The predicted octanol–water partition coefficient (Wildman–Crippen LogP) is 6.28. The third-order valence-electron chi connectivity index (χ3n) is 4.94. The highest BCUT2D eigenvalue weighted by Gasteiger charge is 2.95. The number of nitrogens with one attached hydrogen (secondary N) is 1. The summed E-state index contributed by atoms with van der Waals surface area (Å²) in [5.41, 5.74) is -0.00759. The molecule has 1 aromatic carbocycles. The van der Waals surface area contributed by atoms with E-state index < -0.39 is 72.6 Å². The Morgan fingerprint density at radius 1 is 0.632 bits per heavy atom. The molecule has 0 aromatic heterocycles. The Labute approximate surface area is 199 Å². The highest BCUT2D eigenvalue weighted by molar-refractivity contribution is 5.73. The van der Waals surface area contributed by atoms with Gasteiger partial charge < -0.3 is 5.11 Å². The summed E-state index contributed by atoms with van der Waals surface area (Å²) in [5, 5.41) is 9.99.